The van der Waals surface area contributed by atoms with Gasteiger partial charge in [-0.15, -0.1) is 32.9 Å². The minimum Gasteiger partial charge on any atom is -0.416 e. The van der Waals surface area contributed by atoms with Crippen molar-refractivity contribution in [2.24, 2.45) is 0 Å². The number of thiazole rings is 1. The molecule has 1 aromatic carbocycles. The Hall–Kier alpha value is -2.23. The predicted molar refractivity (Wildman–Crippen MR) is 108 cm³/mol. The van der Waals surface area contributed by atoms with E-state index in [1.54, 1.807) is 22.7 Å². The average molecular weight is 417 g/mol. The van der Waals surface area contributed by atoms with Gasteiger partial charge >= 0.3 is 0 Å². The van der Waals surface area contributed by atoms with Crippen LogP contribution < -0.4 is 5.32 Å². The standard InChI is InChI=1S/C18H16N4O2S3/c23-15(19-10-12-4-3-9-25-12)11-26-18-22-21-16(24-18)7-8-17-20-13-5-1-2-6-14(13)27-17/h1-6,9H,7-8,10-11H2,(H,19,23). The molecule has 0 spiro atoms. The molecule has 0 atom stereocenters. The highest BCUT2D eigenvalue weighted by molar-refractivity contribution is 7.99. The number of hydrogen-bond donors (Lipinski definition) is 1. The lowest BCUT2D eigenvalue weighted by Crippen LogP contribution is -2.24. The fraction of sp³-hybridized carbons (Fsp3) is 0.222. The van der Waals surface area contributed by atoms with Crippen molar-refractivity contribution in [3.63, 3.8) is 0 Å². The lowest BCUT2D eigenvalue weighted by Gasteiger charge is -2.01. The Morgan fingerprint density at radius 1 is 1.15 bits per heavy atom. The summed E-state index contributed by atoms with van der Waals surface area (Å²) < 4.78 is 6.80. The number of thioether (sulfide) groups is 1. The van der Waals surface area contributed by atoms with E-state index >= 15 is 0 Å². The van der Waals surface area contributed by atoms with Crippen LogP contribution in [0.2, 0.25) is 0 Å². The summed E-state index contributed by atoms with van der Waals surface area (Å²) in [4.78, 5) is 17.6. The third-order valence-corrected chi connectivity index (χ3v) is 6.50. The molecule has 3 heterocycles. The summed E-state index contributed by atoms with van der Waals surface area (Å²) in [5, 5.41) is 14.4. The first-order chi connectivity index (χ1) is 13.3. The molecular formula is C18H16N4O2S3. The first-order valence-electron chi connectivity index (χ1n) is 8.35. The van der Waals surface area contributed by atoms with Crippen molar-refractivity contribution in [3.8, 4) is 0 Å². The van der Waals surface area contributed by atoms with Gasteiger partial charge in [-0.25, -0.2) is 4.98 Å². The molecule has 0 radical (unpaired) electrons. The smallest absolute Gasteiger partial charge is 0.277 e. The van der Waals surface area contributed by atoms with Gasteiger partial charge in [-0.1, -0.05) is 30.0 Å². The molecule has 0 unspecified atom stereocenters. The largest absolute Gasteiger partial charge is 0.416 e. The van der Waals surface area contributed by atoms with E-state index in [9.17, 15) is 4.79 Å². The second-order valence-electron chi connectivity index (χ2n) is 5.68. The molecule has 138 valence electrons. The Balaban J connectivity index is 1.24. The predicted octanol–water partition coefficient (Wildman–Crippen LogP) is 3.93. The van der Waals surface area contributed by atoms with Crippen LogP contribution in [0.3, 0.4) is 0 Å². The number of hydrogen-bond acceptors (Lipinski definition) is 8. The minimum atomic E-state index is -0.0531. The molecular weight excluding hydrogens is 400 g/mol. The van der Waals surface area contributed by atoms with Crippen molar-refractivity contribution in [1.29, 1.82) is 0 Å². The van der Waals surface area contributed by atoms with E-state index in [1.807, 2.05) is 35.7 Å². The molecule has 0 bridgehead atoms. The number of nitrogens with zero attached hydrogens (tertiary/aromatic N) is 3. The summed E-state index contributed by atoms with van der Waals surface area (Å²) in [5.41, 5.74) is 1.02. The van der Waals surface area contributed by atoms with Gasteiger partial charge in [0.2, 0.25) is 11.8 Å². The van der Waals surface area contributed by atoms with Gasteiger partial charge in [0.05, 0.1) is 27.5 Å². The number of benzene rings is 1. The topological polar surface area (TPSA) is 80.9 Å². The highest BCUT2D eigenvalue weighted by atomic mass is 32.2. The summed E-state index contributed by atoms with van der Waals surface area (Å²) in [5.74, 6) is 0.767. The van der Waals surface area contributed by atoms with Gasteiger partial charge in [-0.2, -0.15) is 0 Å². The van der Waals surface area contributed by atoms with Crippen LogP contribution in [-0.4, -0.2) is 26.8 Å². The van der Waals surface area contributed by atoms with Crippen molar-refractivity contribution in [1.82, 2.24) is 20.5 Å². The highest BCUT2D eigenvalue weighted by Gasteiger charge is 2.11. The molecule has 3 aromatic heterocycles. The molecule has 0 fully saturated rings. The van der Waals surface area contributed by atoms with Crippen LogP contribution in [-0.2, 0) is 24.2 Å². The van der Waals surface area contributed by atoms with Crippen molar-refractivity contribution < 1.29 is 9.21 Å². The van der Waals surface area contributed by atoms with Crippen molar-refractivity contribution in [2.75, 3.05) is 5.75 Å². The number of para-hydroxylation sites is 1. The number of rotatable bonds is 8. The molecule has 0 saturated carbocycles. The van der Waals surface area contributed by atoms with E-state index in [0.717, 1.165) is 21.8 Å². The van der Waals surface area contributed by atoms with Gasteiger partial charge in [0.1, 0.15) is 0 Å². The zero-order valence-corrected chi connectivity index (χ0v) is 16.7. The number of nitrogens with one attached hydrogen (secondary N) is 1. The Morgan fingerprint density at radius 2 is 2.07 bits per heavy atom. The first-order valence-corrected chi connectivity index (χ1v) is 11.0. The molecule has 4 aromatic rings. The summed E-state index contributed by atoms with van der Waals surface area (Å²) >= 11 is 4.55. The molecule has 4 rings (SSSR count). The second-order valence-corrected chi connectivity index (χ2v) is 8.76. The van der Waals surface area contributed by atoms with E-state index in [1.165, 1.54) is 16.5 Å². The zero-order chi connectivity index (χ0) is 18.5. The van der Waals surface area contributed by atoms with Crippen LogP contribution in [0, 0.1) is 0 Å². The molecule has 6 nitrogen and oxygen atoms in total. The van der Waals surface area contributed by atoms with E-state index in [0.29, 0.717) is 24.1 Å². The Kier molecular flexibility index (Phi) is 5.81. The Morgan fingerprint density at radius 3 is 2.93 bits per heavy atom. The van der Waals surface area contributed by atoms with Crippen molar-refractivity contribution in [3.05, 3.63) is 57.6 Å². The van der Waals surface area contributed by atoms with Gasteiger partial charge in [0, 0.05) is 17.7 Å². The van der Waals surface area contributed by atoms with Gasteiger partial charge in [0.25, 0.3) is 5.22 Å². The molecule has 0 saturated heterocycles. The summed E-state index contributed by atoms with van der Waals surface area (Å²) in [6, 6.07) is 12.1. The van der Waals surface area contributed by atoms with E-state index < -0.39 is 0 Å². The van der Waals surface area contributed by atoms with E-state index in [2.05, 4.69) is 26.6 Å². The number of carbonyl (C=O) groups excluding carboxylic acids is 1. The molecule has 9 heteroatoms. The number of fused-ring (bicyclic) bond motifs is 1. The molecule has 0 aliphatic heterocycles. The highest BCUT2D eigenvalue weighted by Crippen LogP contribution is 2.23. The molecule has 1 N–H and O–H groups in total. The van der Waals surface area contributed by atoms with Gasteiger partial charge in [-0.05, 0) is 23.6 Å². The van der Waals surface area contributed by atoms with Crippen LogP contribution in [0.1, 0.15) is 15.8 Å². The maximum atomic E-state index is 11.9. The number of amides is 1. The quantitative estimate of drug-likeness (QED) is 0.438. The molecule has 0 aliphatic carbocycles. The van der Waals surface area contributed by atoms with Crippen LogP contribution in [0.5, 0.6) is 0 Å². The van der Waals surface area contributed by atoms with Crippen LogP contribution in [0.4, 0.5) is 0 Å². The third-order valence-electron chi connectivity index (χ3n) is 3.71. The third kappa shape index (κ3) is 4.94. The van der Waals surface area contributed by atoms with Gasteiger partial charge < -0.3 is 9.73 Å². The molecule has 1 amide bonds. The Bertz CT molecular complexity index is 993. The first kappa shape index (κ1) is 18.1. The van der Waals surface area contributed by atoms with Gasteiger partial charge in [0.15, 0.2) is 0 Å². The number of thiophene rings is 1. The number of carbonyl (C=O) groups is 1. The minimum absolute atomic E-state index is 0.0531. The van der Waals surface area contributed by atoms with Crippen LogP contribution >= 0.6 is 34.4 Å². The maximum absolute atomic E-state index is 11.9. The van der Waals surface area contributed by atoms with Crippen LogP contribution in [0.25, 0.3) is 10.2 Å². The number of aryl methyl sites for hydroxylation is 2. The lowest BCUT2D eigenvalue weighted by molar-refractivity contribution is -0.118. The lowest BCUT2D eigenvalue weighted by atomic mass is 10.3. The SMILES string of the molecule is O=C(CSc1nnc(CCc2nc3ccccc3s2)o1)NCc1cccs1. The maximum Gasteiger partial charge on any atom is 0.277 e. The number of aromatic nitrogens is 3. The summed E-state index contributed by atoms with van der Waals surface area (Å²) in [6.07, 6.45) is 1.39. The summed E-state index contributed by atoms with van der Waals surface area (Å²) in [7, 11) is 0. The normalized spacial score (nSPS) is 11.1. The average Bonchev–Trinajstić information content (AvgIpc) is 3.43. The Labute approximate surface area is 168 Å². The molecule has 27 heavy (non-hydrogen) atoms. The van der Waals surface area contributed by atoms with Crippen LogP contribution in [0.15, 0.2) is 51.4 Å². The van der Waals surface area contributed by atoms with Crippen molar-refractivity contribution >= 4 is 50.6 Å². The zero-order valence-electron chi connectivity index (χ0n) is 14.3. The van der Waals surface area contributed by atoms with E-state index in [4.69, 9.17) is 4.42 Å². The monoisotopic (exact) mass is 416 g/mol. The van der Waals surface area contributed by atoms with E-state index in [-0.39, 0.29) is 11.7 Å². The second kappa shape index (κ2) is 8.64. The fourth-order valence-electron chi connectivity index (χ4n) is 2.42. The molecule has 0 aliphatic rings. The fourth-order valence-corrected chi connectivity index (χ4v) is 4.64. The summed E-state index contributed by atoms with van der Waals surface area (Å²) in [6.45, 7) is 0.550. The van der Waals surface area contributed by atoms with Crippen molar-refractivity contribution in [2.45, 2.75) is 24.6 Å². The van der Waals surface area contributed by atoms with Gasteiger partial charge in [-0.3, -0.25) is 4.79 Å².